The molecule has 0 fully saturated rings. The molecule has 0 saturated carbocycles. The van der Waals surface area contributed by atoms with Crippen LogP contribution in [0.3, 0.4) is 0 Å². The molecule has 1 aromatic carbocycles. The van der Waals surface area contributed by atoms with Crippen LogP contribution in [-0.2, 0) is 15.3 Å². The number of amides is 3. The molecule has 0 saturated heterocycles. The zero-order valence-electron chi connectivity index (χ0n) is 14.4. The SMILES string of the molecule is CC(C)NC(=O)NC(=O)COC(=O)c1ccccc1SCc1cscn1. The highest BCUT2D eigenvalue weighted by molar-refractivity contribution is 7.98. The number of carbonyl (C=O) groups excluding carboxylic acids is 3. The largest absolute Gasteiger partial charge is 0.452 e. The Morgan fingerprint density at radius 3 is 2.73 bits per heavy atom. The maximum atomic E-state index is 12.3. The molecule has 3 amide bonds. The van der Waals surface area contributed by atoms with Crippen molar-refractivity contribution in [2.75, 3.05) is 6.61 Å². The summed E-state index contributed by atoms with van der Waals surface area (Å²) in [6.45, 7) is 3.00. The molecule has 0 unspecified atom stereocenters. The second-order valence-electron chi connectivity index (χ2n) is 5.52. The third-order valence-electron chi connectivity index (χ3n) is 2.97. The van der Waals surface area contributed by atoms with E-state index in [4.69, 9.17) is 4.74 Å². The molecule has 0 atom stereocenters. The van der Waals surface area contributed by atoms with Gasteiger partial charge < -0.3 is 10.1 Å². The molecule has 0 aliphatic heterocycles. The molecule has 26 heavy (non-hydrogen) atoms. The molecule has 1 heterocycles. The number of aromatic nitrogens is 1. The number of nitrogens with zero attached hydrogens (tertiary/aromatic N) is 1. The molecular weight excluding hydrogens is 374 g/mol. The number of rotatable bonds is 7. The number of ether oxygens (including phenoxy) is 1. The number of urea groups is 1. The number of thiazole rings is 1. The van der Waals surface area contributed by atoms with Gasteiger partial charge in [0.2, 0.25) is 0 Å². The molecule has 7 nitrogen and oxygen atoms in total. The number of hydrogen-bond donors (Lipinski definition) is 2. The second kappa shape index (κ2) is 9.93. The smallest absolute Gasteiger partial charge is 0.339 e. The Balaban J connectivity index is 1.88. The Morgan fingerprint density at radius 2 is 2.04 bits per heavy atom. The van der Waals surface area contributed by atoms with Gasteiger partial charge in [-0.2, -0.15) is 0 Å². The average molecular weight is 393 g/mol. The van der Waals surface area contributed by atoms with Gasteiger partial charge in [-0.3, -0.25) is 10.1 Å². The van der Waals surface area contributed by atoms with Crippen molar-refractivity contribution in [3.05, 3.63) is 46.4 Å². The van der Waals surface area contributed by atoms with Crippen LogP contribution >= 0.6 is 23.1 Å². The van der Waals surface area contributed by atoms with Gasteiger partial charge in [-0.15, -0.1) is 23.1 Å². The zero-order chi connectivity index (χ0) is 18.9. The summed E-state index contributed by atoms with van der Waals surface area (Å²) in [7, 11) is 0. The van der Waals surface area contributed by atoms with Gasteiger partial charge in [0.1, 0.15) is 0 Å². The van der Waals surface area contributed by atoms with Gasteiger partial charge in [0, 0.05) is 22.1 Å². The molecule has 0 radical (unpaired) electrons. The van der Waals surface area contributed by atoms with Crippen molar-refractivity contribution in [3.8, 4) is 0 Å². The number of imide groups is 1. The number of esters is 1. The molecule has 2 aromatic rings. The van der Waals surface area contributed by atoms with Crippen LogP contribution in [0.4, 0.5) is 4.79 Å². The summed E-state index contributed by atoms with van der Waals surface area (Å²) >= 11 is 2.98. The van der Waals surface area contributed by atoms with E-state index in [1.54, 1.807) is 31.5 Å². The fraction of sp³-hybridized carbons (Fsp3) is 0.294. The van der Waals surface area contributed by atoms with E-state index in [0.29, 0.717) is 11.3 Å². The molecule has 0 spiro atoms. The quantitative estimate of drug-likeness (QED) is 0.555. The van der Waals surface area contributed by atoms with Gasteiger partial charge in [-0.05, 0) is 26.0 Å². The Hall–Kier alpha value is -2.39. The van der Waals surface area contributed by atoms with E-state index in [-0.39, 0.29) is 6.04 Å². The van der Waals surface area contributed by atoms with Crippen LogP contribution in [0.15, 0.2) is 40.1 Å². The highest BCUT2D eigenvalue weighted by atomic mass is 32.2. The van der Waals surface area contributed by atoms with Crippen LogP contribution in [0.5, 0.6) is 0 Å². The molecule has 0 bridgehead atoms. The van der Waals surface area contributed by atoms with Crippen molar-refractivity contribution in [3.63, 3.8) is 0 Å². The molecule has 2 N–H and O–H groups in total. The van der Waals surface area contributed by atoms with E-state index >= 15 is 0 Å². The Bertz CT molecular complexity index is 763. The maximum Gasteiger partial charge on any atom is 0.339 e. The molecular formula is C17H19N3O4S2. The molecule has 138 valence electrons. The Morgan fingerprint density at radius 1 is 1.27 bits per heavy atom. The van der Waals surface area contributed by atoms with Crippen molar-refractivity contribution in [2.24, 2.45) is 0 Å². The summed E-state index contributed by atoms with van der Waals surface area (Å²) in [6.07, 6.45) is 0. The van der Waals surface area contributed by atoms with Crippen LogP contribution < -0.4 is 10.6 Å². The number of benzene rings is 1. The van der Waals surface area contributed by atoms with Crippen LogP contribution in [-0.4, -0.2) is 35.5 Å². The average Bonchev–Trinajstić information content (AvgIpc) is 3.11. The topological polar surface area (TPSA) is 97.4 Å². The first-order valence-corrected chi connectivity index (χ1v) is 9.75. The van der Waals surface area contributed by atoms with Gasteiger partial charge in [0.05, 0.1) is 16.8 Å². The lowest BCUT2D eigenvalue weighted by Gasteiger charge is -2.10. The zero-order valence-corrected chi connectivity index (χ0v) is 16.0. The lowest BCUT2D eigenvalue weighted by atomic mass is 10.2. The number of hydrogen-bond acceptors (Lipinski definition) is 7. The van der Waals surface area contributed by atoms with Gasteiger partial charge in [0.25, 0.3) is 5.91 Å². The number of thioether (sulfide) groups is 1. The lowest BCUT2D eigenvalue weighted by Crippen LogP contribution is -2.44. The van der Waals surface area contributed by atoms with Crippen molar-refractivity contribution < 1.29 is 19.1 Å². The molecule has 1 aromatic heterocycles. The second-order valence-corrected chi connectivity index (χ2v) is 7.25. The molecule has 0 aliphatic rings. The van der Waals surface area contributed by atoms with E-state index in [1.807, 2.05) is 17.5 Å². The summed E-state index contributed by atoms with van der Waals surface area (Å²) < 4.78 is 5.02. The third kappa shape index (κ3) is 6.49. The Kier molecular flexibility index (Phi) is 7.61. The number of carbonyl (C=O) groups is 3. The fourth-order valence-electron chi connectivity index (χ4n) is 1.89. The van der Waals surface area contributed by atoms with Gasteiger partial charge in [-0.1, -0.05) is 12.1 Å². The van der Waals surface area contributed by atoms with E-state index in [0.717, 1.165) is 10.6 Å². The van der Waals surface area contributed by atoms with E-state index in [9.17, 15) is 14.4 Å². The van der Waals surface area contributed by atoms with E-state index in [2.05, 4.69) is 15.6 Å². The highest BCUT2D eigenvalue weighted by Crippen LogP contribution is 2.26. The summed E-state index contributed by atoms with van der Waals surface area (Å²) in [4.78, 5) is 40.3. The number of nitrogens with one attached hydrogen (secondary N) is 2. The van der Waals surface area contributed by atoms with Crippen LogP contribution in [0.25, 0.3) is 0 Å². The fourth-order valence-corrected chi connectivity index (χ4v) is 3.50. The summed E-state index contributed by atoms with van der Waals surface area (Å²) in [5, 5.41) is 6.56. The first-order valence-electron chi connectivity index (χ1n) is 7.82. The Labute approximate surface area is 159 Å². The predicted octanol–water partition coefficient (Wildman–Crippen LogP) is 2.83. The first kappa shape index (κ1) is 19.9. The highest BCUT2D eigenvalue weighted by Gasteiger charge is 2.16. The van der Waals surface area contributed by atoms with Gasteiger partial charge >= 0.3 is 12.0 Å². The minimum Gasteiger partial charge on any atom is -0.452 e. The molecule has 0 aliphatic carbocycles. The van der Waals surface area contributed by atoms with Crippen molar-refractivity contribution >= 4 is 41.0 Å². The minimum absolute atomic E-state index is 0.105. The summed E-state index contributed by atoms with van der Waals surface area (Å²) in [6, 6.07) is 6.26. The summed E-state index contributed by atoms with van der Waals surface area (Å²) in [5.74, 6) is -0.682. The van der Waals surface area contributed by atoms with E-state index < -0.39 is 24.5 Å². The summed E-state index contributed by atoms with van der Waals surface area (Å²) in [5.41, 5.74) is 3.05. The van der Waals surface area contributed by atoms with Gasteiger partial charge in [-0.25, -0.2) is 14.6 Å². The lowest BCUT2D eigenvalue weighted by molar-refractivity contribution is -0.123. The molecule has 9 heteroatoms. The predicted molar refractivity (Wildman–Crippen MR) is 100 cm³/mol. The normalized spacial score (nSPS) is 10.4. The maximum absolute atomic E-state index is 12.3. The minimum atomic E-state index is -0.691. The van der Waals surface area contributed by atoms with Gasteiger partial charge in [0.15, 0.2) is 6.61 Å². The van der Waals surface area contributed by atoms with Crippen molar-refractivity contribution in [1.82, 2.24) is 15.6 Å². The van der Waals surface area contributed by atoms with E-state index in [1.165, 1.54) is 23.1 Å². The monoisotopic (exact) mass is 393 g/mol. The molecule has 2 rings (SSSR count). The van der Waals surface area contributed by atoms with Crippen molar-refractivity contribution in [2.45, 2.75) is 30.5 Å². The van der Waals surface area contributed by atoms with Crippen LogP contribution in [0.2, 0.25) is 0 Å². The third-order valence-corrected chi connectivity index (χ3v) is 4.72. The van der Waals surface area contributed by atoms with Crippen molar-refractivity contribution in [1.29, 1.82) is 0 Å². The van der Waals surface area contributed by atoms with Crippen LogP contribution in [0, 0.1) is 0 Å². The first-order chi connectivity index (χ1) is 12.5. The standard InChI is InChI=1S/C17H19N3O4S2/c1-11(2)19-17(23)20-15(21)7-24-16(22)13-5-3-4-6-14(13)26-9-12-8-25-10-18-12/h3-6,8,10-11H,7,9H2,1-2H3,(H2,19,20,21,23). The van der Waals surface area contributed by atoms with Crippen LogP contribution in [0.1, 0.15) is 29.9 Å².